The first-order valence-electron chi connectivity index (χ1n) is 15.1. The van der Waals surface area contributed by atoms with Gasteiger partial charge in [-0.3, -0.25) is 9.69 Å². The SMILES string of the molecule is CC[C@@H](O)[C@@](C)(O)[C@@H]1OC(=O)[C@H](C)[C@@H](O)[C@H](C)[C@@H](OO/C=C\C(C(C)O)N2CCOCC2)[C@@]2(C)CC(C)C(O2)[C@@H]1C. The van der Waals surface area contributed by atoms with Crippen LogP contribution in [0.1, 0.15) is 68.2 Å². The van der Waals surface area contributed by atoms with Gasteiger partial charge in [0.2, 0.25) is 0 Å². The zero-order chi connectivity index (χ0) is 30.7. The molecule has 3 aliphatic rings. The lowest BCUT2D eigenvalue weighted by atomic mass is 9.76. The number of carbonyl (C=O) groups is 1. The van der Waals surface area contributed by atoms with E-state index in [9.17, 15) is 25.2 Å². The molecule has 13 atom stereocenters. The minimum absolute atomic E-state index is 0.0189. The Morgan fingerprint density at radius 2 is 1.80 bits per heavy atom. The fourth-order valence-corrected chi connectivity index (χ4v) is 6.99. The van der Waals surface area contributed by atoms with E-state index in [1.54, 1.807) is 33.8 Å². The quantitative estimate of drug-likeness (QED) is 0.135. The Kier molecular flexibility index (Phi) is 11.7. The van der Waals surface area contributed by atoms with Crippen molar-refractivity contribution < 1.29 is 49.2 Å². The van der Waals surface area contributed by atoms with E-state index in [-0.39, 0.29) is 18.4 Å². The van der Waals surface area contributed by atoms with Crippen molar-refractivity contribution in [3.63, 3.8) is 0 Å². The summed E-state index contributed by atoms with van der Waals surface area (Å²) in [5, 5.41) is 43.7. The summed E-state index contributed by atoms with van der Waals surface area (Å²) in [7, 11) is 0. The molecule has 41 heavy (non-hydrogen) atoms. The van der Waals surface area contributed by atoms with Gasteiger partial charge < -0.3 is 39.5 Å². The molecule has 0 aromatic carbocycles. The molecule has 2 bridgehead atoms. The Bertz CT molecular complexity index is 877. The molecule has 4 N–H and O–H groups in total. The summed E-state index contributed by atoms with van der Waals surface area (Å²) in [5.41, 5.74) is -2.64. The van der Waals surface area contributed by atoms with E-state index in [2.05, 4.69) is 4.90 Å². The zero-order valence-electron chi connectivity index (χ0n) is 25.9. The molecule has 0 amide bonds. The van der Waals surface area contributed by atoms with Crippen molar-refractivity contribution in [1.29, 1.82) is 0 Å². The first kappa shape index (κ1) is 34.2. The van der Waals surface area contributed by atoms with Crippen molar-refractivity contribution in [2.45, 2.75) is 122 Å². The number of rotatable bonds is 9. The van der Waals surface area contributed by atoms with Crippen LogP contribution in [0.25, 0.3) is 0 Å². The van der Waals surface area contributed by atoms with E-state index in [0.29, 0.717) is 32.7 Å². The van der Waals surface area contributed by atoms with Gasteiger partial charge in [0.25, 0.3) is 0 Å². The molecular formula is C30H53NO10. The summed E-state index contributed by atoms with van der Waals surface area (Å²) in [6, 6.07) is -0.292. The minimum atomic E-state index is -1.74. The molecule has 0 aromatic heterocycles. The van der Waals surface area contributed by atoms with E-state index < -0.39 is 71.5 Å². The lowest BCUT2D eigenvalue weighted by Gasteiger charge is -2.42. The highest BCUT2D eigenvalue weighted by atomic mass is 17.2. The normalized spacial score (nSPS) is 41.2. The molecule has 11 nitrogen and oxygen atoms in total. The van der Waals surface area contributed by atoms with Crippen LogP contribution in [-0.4, -0.2) is 111 Å². The van der Waals surface area contributed by atoms with Crippen LogP contribution in [0.2, 0.25) is 0 Å². The second kappa shape index (κ2) is 14.0. The average Bonchev–Trinajstić information content (AvgIpc) is 3.25. The largest absolute Gasteiger partial charge is 0.459 e. The third kappa shape index (κ3) is 7.44. The van der Waals surface area contributed by atoms with E-state index in [1.807, 2.05) is 20.8 Å². The van der Waals surface area contributed by atoms with Crippen LogP contribution in [-0.2, 0) is 28.8 Å². The predicted octanol–water partition coefficient (Wildman–Crippen LogP) is 1.80. The van der Waals surface area contributed by atoms with Gasteiger partial charge in [-0.05, 0) is 52.5 Å². The maximum absolute atomic E-state index is 13.3. The second-order valence-electron chi connectivity index (χ2n) is 12.9. The van der Waals surface area contributed by atoms with Gasteiger partial charge in [-0.15, -0.1) is 0 Å². The van der Waals surface area contributed by atoms with Crippen LogP contribution in [0.3, 0.4) is 0 Å². The van der Waals surface area contributed by atoms with Crippen LogP contribution in [0.5, 0.6) is 0 Å². The number of hydrogen-bond donors (Lipinski definition) is 4. The molecule has 3 aliphatic heterocycles. The number of cyclic esters (lactones) is 1. The maximum atomic E-state index is 13.3. The van der Waals surface area contributed by atoms with Crippen LogP contribution in [0, 0.1) is 23.7 Å². The summed E-state index contributed by atoms with van der Waals surface area (Å²) in [6.07, 6.45) is -1.27. The molecule has 3 saturated heterocycles. The Morgan fingerprint density at radius 1 is 1.17 bits per heavy atom. The average molecular weight is 588 g/mol. The summed E-state index contributed by atoms with van der Waals surface area (Å²) < 4.78 is 18.0. The Labute approximate surface area is 244 Å². The van der Waals surface area contributed by atoms with Gasteiger partial charge in [0.1, 0.15) is 24.1 Å². The minimum Gasteiger partial charge on any atom is -0.459 e. The van der Waals surface area contributed by atoms with Crippen molar-refractivity contribution >= 4 is 5.97 Å². The van der Waals surface area contributed by atoms with Gasteiger partial charge in [-0.1, -0.05) is 27.7 Å². The number of hydrogen-bond acceptors (Lipinski definition) is 11. The topological polar surface area (TPSA) is 147 Å². The van der Waals surface area contributed by atoms with Crippen molar-refractivity contribution in [1.82, 2.24) is 4.90 Å². The Balaban J connectivity index is 1.89. The van der Waals surface area contributed by atoms with E-state index >= 15 is 0 Å². The van der Waals surface area contributed by atoms with Crippen molar-refractivity contribution in [3.8, 4) is 0 Å². The molecule has 0 aromatic rings. The van der Waals surface area contributed by atoms with Gasteiger partial charge in [0.15, 0.2) is 0 Å². The molecule has 3 fully saturated rings. The maximum Gasteiger partial charge on any atom is 0.311 e. The lowest BCUT2D eigenvalue weighted by molar-refractivity contribution is -0.336. The van der Waals surface area contributed by atoms with Crippen LogP contribution < -0.4 is 0 Å². The van der Waals surface area contributed by atoms with Crippen molar-refractivity contribution in [2.24, 2.45) is 23.7 Å². The monoisotopic (exact) mass is 587 g/mol. The van der Waals surface area contributed by atoms with Gasteiger partial charge in [-0.2, -0.15) is 4.89 Å². The molecule has 0 radical (unpaired) electrons. The zero-order valence-corrected chi connectivity index (χ0v) is 25.9. The van der Waals surface area contributed by atoms with E-state index in [4.69, 9.17) is 24.0 Å². The highest BCUT2D eigenvalue weighted by Gasteiger charge is 2.57. The molecule has 3 heterocycles. The van der Waals surface area contributed by atoms with Gasteiger partial charge >= 0.3 is 5.97 Å². The van der Waals surface area contributed by atoms with Crippen LogP contribution >= 0.6 is 0 Å². The number of carbonyl (C=O) groups excluding carboxylic acids is 1. The predicted molar refractivity (Wildman–Crippen MR) is 150 cm³/mol. The molecular weight excluding hydrogens is 534 g/mol. The fourth-order valence-electron chi connectivity index (χ4n) is 6.99. The summed E-state index contributed by atoms with van der Waals surface area (Å²) in [4.78, 5) is 27.0. The third-order valence-electron chi connectivity index (χ3n) is 9.52. The molecule has 0 spiro atoms. The number of fused-ring (bicyclic) bond motifs is 2. The number of nitrogens with zero attached hydrogens (tertiary/aromatic N) is 1. The Morgan fingerprint density at radius 3 is 2.39 bits per heavy atom. The smallest absolute Gasteiger partial charge is 0.311 e. The second-order valence-corrected chi connectivity index (χ2v) is 12.9. The van der Waals surface area contributed by atoms with E-state index in [1.165, 1.54) is 13.2 Å². The first-order valence-corrected chi connectivity index (χ1v) is 15.1. The summed E-state index contributed by atoms with van der Waals surface area (Å²) >= 11 is 0. The van der Waals surface area contributed by atoms with Crippen molar-refractivity contribution in [2.75, 3.05) is 26.3 Å². The van der Waals surface area contributed by atoms with E-state index in [0.717, 1.165) is 0 Å². The highest BCUT2D eigenvalue weighted by molar-refractivity contribution is 5.73. The van der Waals surface area contributed by atoms with Gasteiger partial charge in [0.05, 0.1) is 55.2 Å². The first-order chi connectivity index (χ1) is 19.2. The standard InChI is InChI=1S/C30H53NO10/c1-9-23(33)30(8,36)27-20(5)25-17(2)16-29(7,40-25)26(18(3)24(34)19(4)28(35)39-27)41-38-13-10-22(21(6)32)31-11-14-37-15-12-31/h10,13,17-27,32-34,36H,9,11-12,14-16H2,1-8H3/b13-10-/t17?,18-,19+,20-,21?,22?,23+,24-,25?,26+,27+,29+,30+/m0/s1. The van der Waals surface area contributed by atoms with Crippen LogP contribution in [0.15, 0.2) is 12.3 Å². The third-order valence-corrected chi connectivity index (χ3v) is 9.52. The molecule has 4 unspecified atom stereocenters. The summed E-state index contributed by atoms with van der Waals surface area (Å²) in [6.45, 7) is 16.6. The molecule has 11 heteroatoms. The molecule has 238 valence electrons. The Hall–Kier alpha value is -1.31. The van der Waals surface area contributed by atoms with Crippen molar-refractivity contribution in [3.05, 3.63) is 12.3 Å². The van der Waals surface area contributed by atoms with Gasteiger partial charge in [0, 0.05) is 24.9 Å². The number of aliphatic hydroxyl groups is 4. The lowest BCUT2D eigenvalue weighted by Crippen LogP contribution is -2.57. The van der Waals surface area contributed by atoms with Gasteiger partial charge in [-0.25, -0.2) is 0 Å². The molecule has 0 aliphatic carbocycles. The number of esters is 1. The highest BCUT2D eigenvalue weighted by Crippen LogP contribution is 2.46. The number of morpholine rings is 1. The molecule has 3 rings (SSSR count). The number of ether oxygens (including phenoxy) is 3. The number of aliphatic hydroxyl groups excluding tert-OH is 3. The fraction of sp³-hybridized carbons (Fsp3) is 0.900. The molecule has 0 saturated carbocycles. The summed E-state index contributed by atoms with van der Waals surface area (Å²) in [5.74, 6) is -2.73. The van der Waals surface area contributed by atoms with Crippen LogP contribution in [0.4, 0.5) is 0 Å².